The number of hydrogen-bond donors (Lipinski definition) is 2. The third-order valence-corrected chi connectivity index (χ3v) is 3.69. The van der Waals surface area contributed by atoms with E-state index < -0.39 is 0 Å². The molecule has 1 heterocycles. The summed E-state index contributed by atoms with van der Waals surface area (Å²) < 4.78 is 0. The second kappa shape index (κ2) is 4.85. The number of benzene rings is 1. The van der Waals surface area contributed by atoms with Crippen LogP contribution in [-0.4, -0.2) is 4.98 Å². The summed E-state index contributed by atoms with van der Waals surface area (Å²) in [6.07, 6.45) is 0. The van der Waals surface area contributed by atoms with Crippen LogP contribution in [0.1, 0.15) is 30.9 Å². The average Bonchev–Trinajstić information content (AvgIpc) is 2.77. The molecule has 17 heavy (non-hydrogen) atoms. The third-order valence-electron chi connectivity index (χ3n) is 2.81. The zero-order valence-electron chi connectivity index (χ0n) is 10.3. The Morgan fingerprint density at radius 1 is 1.35 bits per heavy atom. The van der Waals surface area contributed by atoms with Gasteiger partial charge in [0.15, 0.2) is 5.82 Å². The van der Waals surface area contributed by atoms with Crippen LogP contribution in [0.3, 0.4) is 0 Å². The van der Waals surface area contributed by atoms with Gasteiger partial charge < -0.3 is 5.43 Å². The van der Waals surface area contributed by atoms with Gasteiger partial charge in [0.25, 0.3) is 0 Å². The molecule has 0 spiro atoms. The maximum atomic E-state index is 5.35. The second-order valence-electron chi connectivity index (χ2n) is 4.41. The zero-order valence-corrected chi connectivity index (χ0v) is 11.1. The Bertz CT molecular complexity index is 517. The number of anilines is 1. The monoisotopic (exact) mass is 247 g/mol. The van der Waals surface area contributed by atoms with Crippen molar-refractivity contribution in [3.8, 4) is 10.6 Å². The van der Waals surface area contributed by atoms with E-state index in [1.54, 1.807) is 11.3 Å². The Labute approximate surface area is 106 Å². The van der Waals surface area contributed by atoms with Gasteiger partial charge in [-0.3, -0.25) is 0 Å². The van der Waals surface area contributed by atoms with Crippen LogP contribution in [0, 0.1) is 6.92 Å². The fourth-order valence-electron chi connectivity index (χ4n) is 1.69. The van der Waals surface area contributed by atoms with E-state index in [0.717, 1.165) is 10.8 Å². The van der Waals surface area contributed by atoms with Crippen LogP contribution in [0.15, 0.2) is 23.6 Å². The summed E-state index contributed by atoms with van der Waals surface area (Å²) in [5.41, 5.74) is 6.35. The first-order valence-corrected chi connectivity index (χ1v) is 6.53. The Balaban J connectivity index is 2.46. The number of nitrogen functional groups attached to an aromatic ring is 1. The Morgan fingerprint density at radius 2 is 2.12 bits per heavy atom. The summed E-state index contributed by atoms with van der Waals surface area (Å²) in [6, 6.07) is 6.56. The predicted molar refractivity (Wildman–Crippen MR) is 74.2 cm³/mol. The number of nitrogens with zero attached hydrogens (tertiary/aromatic N) is 1. The van der Waals surface area contributed by atoms with Gasteiger partial charge >= 0.3 is 0 Å². The molecule has 3 N–H and O–H groups in total. The van der Waals surface area contributed by atoms with Crippen LogP contribution < -0.4 is 11.3 Å². The molecule has 0 fully saturated rings. The average molecular weight is 247 g/mol. The molecule has 0 amide bonds. The standard InChI is InChI=1S/C13H17N3S/c1-8(2)10-5-4-9(3)11(6-10)13-15-12(16-14)7-17-13/h4-8,16H,14H2,1-3H3. The van der Waals surface area contributed by atoms with E-state index in [1.807, 2.05) is 5.38 Å². The van der Waals surface area contributed by atoms with Crippen molar-refractivity contribution in [2.24, 2.45) is 5.84 Å². The first-order valence-electron chi connectivity index (χ1n) is 5.65. The molecule has 2 rings (SSSR count). The molecule has 4 heteroatoms. The summed E-state index contributed by atoms with van der Waals surface area (Å²) in [4.78, 5) is 4.44. The van der Waals surface area contributed by atoms with Gasteiger partial charge in [0, 0.05) is 10.9 Å². The van der Waals surface area contributed by atoms with Crippen molar-refractivity contribution >= 4 is 17.2 Å². The minimum absolute atomic E-state index is 0.529. The first kappa shape index (κ1) is 12.1. The topological polar surface area (TPSA) is 50.9 Å². The maximum absolute atomic E-state index is 5.35. The number of rotatable bonds is 3. The van der Waals surface area contributed by atoms with Crippen LogP contribution in [-0.2, 0) is 0 Å². The van der Waals surface area contributed by atoms with Crippen molar-refractivity contribution in [3.05, 3.63) is 34.7 Å². The van der Waals surface area contributed by atoms with Crippen LogP contribution in [0.25, 0.3) is 10.6 Å². The van der Waals surface area contributed by atoms with Gasteiger partial charge in [-0.1, -0.05) is 26.0 Å². The molecule has 3 nitrogen and oxygen atoms in total. The molecule has 0 saturated carbocycles. The molecule has 0 saturated heterocycles. The normalized spacial score (nSPS) is 10.9. The largest absolute Gasteiger partial charge is 0.308 e. The molecule has 0 bridgehead atoms. The van der Waals surface area contributed by atoms with Gasteiger partial charge in [0.1, 0.15) is 5.01 Å². The maximum Gasteiger partial charge on any atom is 0.151 e. The lowest BCUT2D eigenvalue weighted by Gasteiger charge is -2.09. The zero-order chi connectivity index (χ0) is 12.4. The number of nitrogens with one attached hydrogen (secondary N) is 1. The van der Waals surface area contributed by atoms with E-state index in [9.17, 15) is 0 Å². The molecule has 90 valence electrons. The highest BCUT2D eigenvalue weighted by Gasteiger charge is 2.09. The number of nitrogens with two attached hydrogens (primary N) is 1. The number of hydrazine groups is 1. The number of hydrogen-bond acceptors (Lipinski definition) is 4. The van der Waals surface area contributed by atoms with Crippen molar-refractivity contribution in [3.63, 3.8) is 0 Å². The van der Waals surface area contributed by atoms with E-state index >= 15 is 0 Å². The van der Waals surface area contributed by atoms with Crippen molar-refractivity contribution in [1.82, 2.24) is 4.98 Å². The summed E-state index contributed by atoms with van der Waals surface area (Å²) in [5, 5.41) is 2.94. The Morgan fingerprint density at radius 3 is 2.71 bits per heavy atom. The summed E-state index contributed by atoms with van der Waals surface area (Å²) in [7, 11) is 0. The van der Waals surface area contributed by atoms with Gasteiger partial charge in [0.05, 0.1) is 0 Å². The SMILES string of the molecule is Cc1ccc(C(C)C)cc1-c1nc(NN)cs1. The van der Waals surface area contributed by atoms with E-state index in [1.165, 1.54) is 16.7 Å². The first-order chi connectivity index (χ1) is 8.11. The third kappa shape index (κ3) is 2.48. The van der Waals surface area contributed by atoms with E-state index in [2.05, 4.69) is 49.4 Å². The van der Waals surface area contributed by atoms with Crippen molar-refractivity contribution in [2.75, 3.05) is 5.43 Å². The van der Waals surface area contributed by atoms with Crippen LogP contribution in [0.2, 0.25) is 0 Å². The van der Waals surface area contributed by atoms with Crippen molar-refractivity contribution < 1.29 is 0 Å². The highest BCUT2D eigenvalue weighted by molar-refractivity contribution is 7.13. The van der Waals surface area contributed by atoms with Gasteiger partial charge in [-0.15, -0.1) is 11.3 Å². The molecular formula is C13H17N3S. The lowest BCUT2D eigenvalue weighted by Crippen LogP contribution is -2.06. The molecule has 1 aromatic carbocycles. The highest BCUT2D eigenvalue weighted by atomic mass is 32.1. The molecule has 0 aliphatic heterocycles. The van der Waals surface area contributed by atoms with Gasteiger partial charge in [-0.05, 0) is 30.0 Å². The van der Waals surface area contributed by atoms with Crippen LogP contribution >= 0.6 is 11.3 Å². The second-order valence-corrected chi connectivity index (χ2v) is 5.27. The lowest BCUT2D eigenvalue weighted by molar-refractivity contribution is 0.866. The minimum Gasteiger partial charge on any atom is -0.308 e. The highest BCUT2D eigenvalue weighted by Crippen LogP contribution is 2.30. The predicted octanol–water partition coefficient (Wildman–Crippen LogP) is 3.53. The summed E-state index contributed by atoms with van der Waals surface area (Å²) in [5.74, 6) is 6.60. The van der Waals surface area contributed by atoms with Crippen molar-refractivity contribution in [2.45, 2.75) is 26.7 Å². The molecule has 0 atom stereocenters. The fraction of sp³-hybridized carbons (Fsp3) is 0.308. The van der Waals surface area contributed by atoms with Gasteiger partial charge in [-0.25, -0.2) is 10.8 Å². The molecule has 2 aromatic rings. The molecule has 0 unspecified atom stereocenters. The van der Waals surface area contributed by atoms with Crippen LogP contribution in [0.5, 0.6) is 0 Å². The molecule has 0 radical (unpaired) electrons. The quantitative estimate of drug-likeness (QED) is 0.644. The smallest absolute Gasteiger partial charge is 0.151 e. The lowest BCUT2D eigenvalue weighted by atomic mass is 9.98. The Kier molecular flexibility index (Phi) is 3.45. The number of thiazole rings is 1. The van der Waals surface area contributed by atoms with E-state index in [4.69, 9.17) is 5.84 Å². The fourth-order valence-corrected chi connectivity index (χ4v) is 2.53. The number of aryl methyl sites for hydroxylation is 1. The van der Waals surface area contributed by atoms with E-state index in [0.29, 0.717) is 5.92 Å². The van der Waals surface area contributed by atoms with Crippen LogP contribution in [0.4, 0.5) is 5.82 Å². The summed E-state index contributed by atoms with van der Waals surface area (Å²) >= 11 is 1.61. The van der Waals surface area contributed by atoms with E-state index in [-0.39, 0.29) is 0 Å². The summed E-state index contributed by atoms with van der Waals surface area (Å²) in [6.45, 7) is 6.50. The molecule has 1 aromatic heterocycles. The Hall–Kier alpha value is -1.39. The molecule has 0 aliphatic carbocycles. The van der Waals surface area contributed by atoms with Crippen molar-refractivity contribution in [1.29, 1.82) is 0 Å². The molecule has 0 aliphatic rings. The molecular weight excluding hydrogens is 230 g/mol. The number of aromatic nitrogens is 1. The van der Waals surface area contributed by atoms with Gasteiger partial charge in [-0.2, -0.15) is 0 Å². The minimum atomic E-state index is 0.529. The van der Waals surface area contributed by atoms with Gasteiger partial charge in [0.2, 0.25) is 0 Å².